The van der Waals surface area contributed by atoms with Crippen LogP contribution in [0.4, 0.5) is 0 Å². The summed E-state index contributed by atoms with van der Waals surface area (Å²) in [5, 5.41) is 11.1. The van der Waals surface area contributed by atoms with Crippen LogP contribution in [-0.2, 0) is 13.6 Å². The Bertz CT molecular complexity index is 420. The van der Waals surface area contributed by atoms with Gasteiger partial charge in [0.15, 0.2) is 0 Å². The summed E-state index contributed by atoms with van der Waals surface area (Å²) in [5.41, 5.74) is -0.243. The molecular weight excluding hydrogens is 299 g/mol. The average Bonchev–Trinajstić information content (AvgIpc) is 2.69. The first-order valence-corrected chi connectivity index (χ1v) is 10.1. The molecule has 0 saturated carbocycles. The molecule has 1 N–H and O–H groups in total. The maximum atomic E-state index is 12.8. The van der Waals surface area contributed by atoms with Crippen molar-refractivity contribution in [3.63, 3.8) is 0 Å². The van der Waals surface area contributed by atoms with Gasteiger partial charge >= 0.3 is 7.60 Å². The Balaban J connectivity index is 3.13. The van der Waals surface area contributed by atoms with Crippen LogP contribution in [0.3, 0.4) is 0 Å². The molecule has 128 valence electrons. The molecule has 1 aliphatic rings. The molecule has 1 rings (SSSR count). The molecule has 0 aliphatic heterocycles. The lowest BCUT2D eigenvalue weighted by Gasteiger charge is -2.28. The van der Waals surface area contributed by atoms with Crippen LogP contribution in [0.15, 0.2) is 23.5 Å². The molecule has 0 amide bonds. The quantitative estimate of drug-likeness (QED) is 0.467. The van der Waals surface area contributed by atoms with Crippen molar-refractivity contribution < 1.29 is 18.7 Å². The lowest BCUT2D eigenvalue weighted by Crippen LogP contribution is -2.28. The summed E-state index contributed by atoms with van der Waals surface area (Å²) in [4.78, 5) is 0. The Morgan fingerprint density at radius 1 is 1.27 bits per heavy atom. The molecular formula is C17H31O4P. The van der Waals surface area contributed by atoms with Crippen LogP contribution in [0.5, 0.6) is 0 Å². The minimum Gasteiger partial charge on any atom is -0.381 e. The second kappa shape index (κ2) is 9.67. The first kappa shape index (κ1) is 19.6. The first-order chi connectivity index (χ1) is 10.5. The molecule has 0 saturated heterocycles. The number of rotatable bonds is 9. The highest BCUT2D eigenvalue weighted by atomic mass is 31.2. The maximum absolute atomic E-state index is 12.8. The second-order valence-electron chi connectivity index (χ2n) is 5.71. The van der Waals surface area contributed by atoms with Crippen molar-refractivity contribution in [3.8, 4) is 0 Å². The maximum Gasteiger partial charge on any atom is 0.354 e. The summed E-state index contributed by atoms with van der Waals surface area (Å²) in [7, 11) is -3.29. The number of hydrogen-bond donors (Lipinski definition) is 1. The molecule has 0 heterocycles. The van der Waals surface area contributed by atoms with Gasteiger partial charge in [0.2, 0.25) is 0 Å². The van der Waals surface area contributed by atoms with Gasteiger partial charge in [-0.15, -0.1) is 0 Å². The molecule has 0 aromatic carbocycles. The summed E-state index contributed by atoms with van der Waals surface area (Å²) in [5.74, 6) is 1.57. The molecule has 4 nitrogen and oxygen atoms in total. The third kappa shape index (κ3) is 6.00. The van der Waals surface area contributed by atoms with Crippen LogP contribution in [0, 0.1) is 0 Å². The topological polar surface area (TPSA) is 55.8 Å². The predicted octanol–water partition coefficient (Wildman–Crippen LogP) is 5.19. The van der Waals surface area contributed by atoms with E-state index < -0.39 is 13.2 Å². The van der Waals surface area contributed by atoms with Crippen LogP contribution in [0.2, 0.25) is 0 Å². The molecule has 1 atom stereocenters. The smallest absolute Gasteiger partial charge is 0.354 e. The van der Waals surface area contributed by atoms with Crippen molar-refractivity contribution in [3.05, 3.63) is 23.5 Å². The molecule has 0 spiro atoms. The molecule has 0 aromatic rings. The fourth-order valence-corrected chi connectivity index (χ4v) is 4.39. The largest absolute Gasteiger partial charge is 0.381 e. The first-order valence-electron chi connectivity index (χ1n) is 8.50. The van der Waals surface area contributed by atoms with E-state index in [1.165, 1.54) is 0 Å². The van der Waals surface area contributed by atoms with Crippen molar-refractivity contribution in [1.82, 2.24) is 0 Å². The Hall–Kier alpha value is -0.410. The molecule has 0 bridgehead atoms. The van der Waals surface area contributed by atoms with Crippen LogP contribution in [0.25, 0.3) is 0 Å². The Morgan fingerprint density at radius 2 is 1.95 bits per heavy atom. The molecule has 5 heteroatoms. The SMILES string of the molecule is CCCC/C(=C\P(=O)(OCC)OCC)C1(O)C=CCCCC1. The van der Waals surface area contributed by atoms with E-state index in [0.717, 1.165) is 37.7 Å². The Kier molecular flexibility index (Phi) is 8.63. The minimum absolute atomic E-state index is 0.323. The standard InChI is InChI=1S/C17H31O4P/c1-4-7-12-16(15-22(19,20-5-2)21-6-3)17(18)13-10-8-9-11-14-17/h10,13,15,18H,4-9,11-12,14H2,1-3H3/b16-15+. The van der Waals surface area contributed by atoms with E-state index in [2.05, 4.69) is 6.92 Å². The highest BCUT2D eigenvalue weighted by Crippen LogP contribution is 2.52. The van der Waals surface area contributed by atoms with Gasteiger partial charge in [0.25, 0.3) is 0 Å². The summed E-state index contributed by atoms with van der Waals surface area (Å²) in [6.45, 7) is 6.35. The molecule has 0 fully saturated rings. The zero-order valence-electron chi connectivity index (χ0n) is 14.2. The summed E-state index contributed by atoms with van der Waals surface area (Å²) in [6.07, 6.45) is 10.2. The summed E-state index contributed by atoms with van der Waals surface area (Å²) < 4.78 is 23.5. The predicted molar refractivity (Wildman–Crippen MR) is 91.0 cm³/mol. The van der Waals surface area contributed by atoms with Gasteiger partial charge in [-0.1, -0.05) is 25.5 Å². The second-order valence-corrected chi connectivity index (χ2v) is 7.56. The average molecular weight is 330 g/mol. The van der Waals surface area contributed by atoms with Gasteiger partial charge in [0.05, 0.1) is 13.2 Å². The van der Waals surface area contributed by atoms with Crippen LogP contribution in [-0.4, -0.2) is 23.9 Å². The Morgan fingerprint density at radius 3 is 2.55 bits per heavy atom. The highest BCUT2D eigenvalue weighted by molar-refractivity contribution is 7.57. The molecule has 1 aliphatic carbocycles. The third-order valence-electron chi connectivity index (χ3n) is 3.86. The van der Waals surface area contributed by atoms with E-state index in [1.807, 2.05) is 12.2 Å². The molecule has 0 radical (unpaired) electrons. The minimum atomic E-state index is -3.29. The van der Waals surface area contributed by atoms with Gasteiger partial charge < -0.3 is 14.2 Å². The van der Waals surface area contributed by atoms with Gasteiger partial charge in [-0.2, -0.15) is 0 Å². The van der Waals surface area contributed by atoms with Crippen molar-refractivity contribution >= 4 is 7.60 Å². The van der Waals surface area contributed by atoms with Gasteiger partial charge in [-0.3, -0.25) is 4.57 Å². The monoisotopic (exact) mass is 330 g/mol. The highest BCUT2D eigenvalue weighted by Gasteiger charge is 2.32. The van der Waals surface area contributed by atoms with Gasteiger partial charge in [0.1, 0.15) is 5.60 Å². The van der Waals surface area contributed by atoms with Gasteiger partial charge in [0, 0.05) is 5.82 Å². The van der Waals surface area contributed by atoms with Crippen LogP contribution in [0.1, 0.15) is 65.7 Å². The molecule has 1 unspecified atom stereocenters. The van der Waals surface area contributed by atoms with Crippen LogP contribution >= 0.6 is 7.60 Å². The van der Waals surface area contributed by atoms with Gasteiger partial charge in [-0.25, -0.2) is 0 Å². The van der Waals surface area contributed by atoms with E-state index in [1.54, 1.807) is 19.7 Å². The van der Waals surface area contributed by atoms with Crippen molar-refractivity contribution in [2.45, 2.75) is 71.3 Å². The van der Waals surface area contributed by atoms with Crippen molar-refractivity contribution in [2.75, 3.05) is 13.2 Å². The number of hydrogen-bond acceptors (Lipinski definition) is 4. The Labute approximate surface area is 135 Å². The third-order valence-corrected chi connectivity index (χ3v) is 5.72. The lowest BCUT2D eigenvalue weighted by atomic mass is 9.87. The van der Waals surface area contributed by atoms with E-state index in [4.69, 9.17) is 9.05 Å². The fourth-order valence-electron chi connectivity index (χ4n) is 2.71. The summed E-state index contributed by atoms with van der Waals surface area (Å²) in [6, 6.07) is 0. The summed E-state index contributed by atoms with van der Waals surface area (Å²) >= 11 is 0. The van der Waals surface area contributed by atoms with Crippen molar-refractivity contribution in [2.24, 2.45) is 0 Å². The molecule has 22 heavy (non-hydrogen) atoms. The van der Waals surface area contributed by atoms with E-state index >= 15 is 0 Å². The zero-order chi connectivity index (χ0) is 16.5. The van der Waals surface area contributed by atoms with Gasteiger partial charge in [-0.05, 0) is 57.9 Å². The van der Waals surface area contributed by atoms with E-state index in [-0.39, 0.29) is 0 Å². The number of aliphatic hydroxyl groups is 1. The lowest BCUT2D eigenvalue weighted by molar-refractivity contribution is 0.114. The van der Waals surface area contributed by atoms with Crippen LogP contribution < -0.4 is 0 Å². The number of unbranched alkanes of at least 4 members (excludes halogenated alkanes) is 1. The van der Waals surface area contributed by atoms with Crippen molar-refractivity contribution in [1.29, 1.82) is 0 Å². The fraction of sp³-hybridized carbons (Fsp3) is 0.765. The molecule has 0 aromatic heterocycles. The zero-order valence-corrected chi connectivity index (χ0v) is 15.1. The van der Waals surface area contributed by atoms with E-state index in [9.17, 15) is 9.67 Å². The number of allylic oxidation sites excluding steroid dienone is 1. The normalized spacial score (nSPS) is 23.5. The van der Waals surface area contributed by atoms with E-state index in [0.29, 0.717) is 26.1 Å².